The Morgan fingerprint density at radius 2 is 1.88 bits per heavy atom. The molecule has 4 rings (SSSR count). The molecule has 0 fully saturated rings. The van der Waals surface area contributed by atoms with E-state index in [4.69, 9.17) is 9.47 Å². The van der Waals surface area contributed by atoms with Crippen LogP contribution in [0.15, 0.2) is 47.3 Å². The lowest BCUT2D eigenvalue weighted by Crippen LogP contribution is -2.27. The first kappa shape index (κ1) is 23.7. The molecule has 1 aromatic carbocycles. The number of pyridine rings is 1. The summed E-state index contributed by atoms with van der Waals surface area (Å²) in [4.78, 5) is 17.8. The van der Waals surface area contributed by atoms with Crippen molar-refractivity contribution in [2.75, 3.05) is 13.7 Å². The summed E-state index contributed by atoms with van der Waals surface area (Å²) in [6, 6.07) is 8.42. The van der Waals surface area contributed by atoms with Gasteiger partial charge in [-0.25, -0.2) is 18.4 Å². The average molecular weight is 479 g/mol. The molecule has 1 atom stereocenters. The first-order valence-electron chi connectivity index (χ1n) is 10.5. The van der Waals surface area contributed by atoms with E-state index in [1.807, 2.05) is 6.08 Å². The summed E-state index contributed by atoms with van der Waals surface area (Å²) in [5.41, 5.74) is 1.18. The Bertz CT molecular complexity index is 1250. The highest BCUT2D eigenvalue weighted by Crippen LogP contribution is 2.29. The Hall–Kier alpha value is -3.47. The molecule has 0 saturated heterocycles. The van der Waals surface area contributed by atoms with E-state index in [2.05, 4.69) is 14.8 Å². The van der Waals surface area contributed by atoms with Crippen molar-refractivity contribution >= 4 is 16.7 Å². The first-order valence-corrected chi connectivity index (χ1v) is 10.5. The molecule has 3 aromatic rings. The molecule has 2 aromatic heterocycles. The molecule has 1 unspecified atom stereocenters. The lowest BCUT2D eigenvalue weighted by Gasteiger charge is -2.21. The third-order valence-electron chi connectivity index (χ3n) is 5.37. The van der Waals surface area contributed by atoms with E-state index in [0.29, 0.717) is 36.0 Å². The van der Waals surface area contributed by atoms with Gasteiger partial charge in [-0.1, -0.05) is 18.2 Å². The topological polar surface area (TPSA) is 75.5 Å². The van der Waals surface area contributed by atoms with Gasteiger partial charge in [0.2, 0.25) is 5.88 Å². The molecule has 0 radical (unpaired) electrons. The summed E-state index contributed by atoms with van der Waals surface area (Å²) in [7, 11) is 1.63. The number of allylic oxidation sites excluding steroid dienone is 1. The maximum Gasteiger partial charge on any atom is 0.387 e. The first-order chi connectivity index (χ1) is 16.4. The smallest absolute Gasteiger partial charge is 0.387 e. The van der Waals surface area contributed by atoms with E-state index in [1.165, 1.54) is 41.1 Å². The minimum Gasteiger partial charge on any atom is -0.472 e. The van der Waals surface area contributed by atoms with Gasteiger partial charge < -0.3 is 14.2 Å². The van der Waals surface area contributed by atoms with Crippen LogP contribution < -0.4 is 15.0 Å². The molecule has 0 saturated carbocycles. The van der Waals surface area contributed by atoms with Gasteiger partial charge in [0.1, 0.15) is 16.8 Å². The zero-order chi connectivity index (χ0) is 24.2. The second-order valence-electron chi connectivity index (χ2n) is 7.54. The summed E-state index contributed by atoms with van der Waals surface area (Å²) in [6.07, 6.45) is 1.13. The predicted octanol–water partition coefficient (Wildman–Crippen LogP) is 4.74. The second-order valence-corrected chi connectivity index (χ2v) is 7.54. The molecule has 11 heteroatoms. The van der Waals surface area contributed by atoms with Gasteiger partial charge >= 0.3 is 6.61 Å². The van der Waals surface area contributed by atoms with Gasteiger partial charge in [0, 0.05) is 18.9 Å². The number of benzene rings is 1. The summed E-state index contributed by atoms with van der Waals surface area (Å²) in [6.45, 7) is -3.85. The fraction of sp³-hybridized carbons (Fsp3) is 0.348. The highest BCUT2D eigenvalue weighted by molar-refractivity contribution is 5.91. The largest absolute Gasteiger partial charge is 0.472 e. The summed E-state index contributed by atoms with van der Waals surface area (Å²) in [5.74, 6) is -0.169. The van der Waals surface area contributed by atoms with Crippen molar-refractivity contribution < 1.29 is 31.8 Å². The number of aromatic nitrogens is 3. The van der Waals surface area contributed by atoms with Crippen LogP contribution >= 0.6 is 0 Å². The van der Waals surface area contributed by atoms with Gasteiger partial charge in [-0.2, -0.15) is 13.9 Å². The van der Waals surface area contributed by atoms with Crippen LogP contribution in [-0.2, 0) is 4.74 Å². The average Bonchev–Trinajstić information content (AvgIpc) is 2.83. The Kier molecular flexibility index (Phi) is 7.11. The summed E-state index contributed by atoms with van der Waals surface area (Å²) in [5, 5.41) is 4.43. The Balaban J connectivity index is 1.85. The number of fused-ring (bicyclic) bond motifs is 1. The Labute approximate surface area is 191 Å². The predicted molar refractivity (Wildman–Crippen MR) is 116 cm³/mol. The van der Waals surface area contributed by atoms with Gasteiger partial charge in [-0.15, -0.1) is 0 Å². The van der Waals surface area contributed by atoms with Crippen LogP contribution in [0.2, 0.25) is 0 Å². The number of alkyl halides is 4. The fourth-order valence-corrected chi connectivity index (χ4v) is 3.75. The van der Waals surface area contributed by atoms with Gasteiger partial charge in [0.15, 0.2) is 6.61 Å². The second kappa shape index (κ2) is 10.2. The molecule has 180 valence electrons. The van der Waals surface area contributed by atoms with E-state index in [9.17, 15) is 22.4 Å². The number of nitrogens with zero attached hydrogens (tertiary/aromatic N) is 3. The van der Waals surface area contributed by atoms with E-state index in [-0.39, 0.29) is 28.8 Å². The fourth-order valence-electron chi connectivity index (χ4n) is 3.75. The number of hydrogen-bond acceptors (Lipinski definition) is 6. The van der Waals surface area contributed by atoms with Crippen LogP contribution in [0.5, 0.6) is 11.6 Å². The molecular weight excluding hydrogens is 458 g/mol. The molecule has 1 aliphatic rings. The van der Waals surface area contributed by atoms with Crippen molar-refractivity contribution in [2.24, 2.45) is 0 Å². The standard InChI is InChI=1S/C23H21F4N3O4/c1-32-15-8-4-14(5-9-15)30-22(31)20(13-2-6-16(7-3-13)34-23(26)27)21-17(29-30)10-11-19(28-21)33-12-18(24)25/h2-4,6-7,10-11,15,18,23H,5,8-9,12H2,1H3. The van der Waals surface area contributed by atoms with E-state index >= 15 is 0 Å². The van der Waals surface area contributed by atoms with E-state index in [1.54, 1.807) is 7.11 Å². The maximum atomic E-state index is 13.6. The summed E-state index contributed by atoms with van der Waals surface area (Å²) < 4.78 is 66.3. The molecule has 0 N–H and O–H groups in total. The van der Waals surface area contributed by atoms with Crippen molar-refractivity contribution in [3.63, 3.8) is 0 Å². The maximum absolute atomic E-state index is 13.6. The lowest BCUT2D eigenvalue weighted by molar-refractivity contribution is -0.0498. The highest BCUT2D eigenvalue weighted by atomic mass is 19.3. The molecule has 0 amide bonds. The normalized spacial score (nSPS) is 16.2. The zero-order valence-corrected chi connectivity index (χ0v) is 18.1. The van der Waals surface area contributed by atoms with Gasteiger partial charge in [-0.05, 0) is 43.0 Å². The van der Waals surface area contributed by atoms with Crippen molar-refractivity contribution in [3.05, 3.63) is 52.8 Å². The molecule has 1 aliphatic carbocycles. The number of rotatable bonds is 8. The number of halogens is 4. The number of hydrogen-bond donors (Lipinski definition) is 0. The van der Waals surface area contributed by atoms with E-state index in [0.717, 1.165) is 0 Å². The highest BCUT2D eigenvalue weighted by Gasteiger charge is 2.21. The van der Waals surface area contributed by atoms with Gasteiger partial charge in [-0.3, -0.25) is 4.79 Å². The van der Waals surface area contributed by atoms with Crippen LogP contribution in [0.1, 0.15) is 19.3 Å². The number of ether oxygens (including phenoxy) is 3. The third-order valence-corrected chi connectivity index (χ3v) is 5.37. The lowest BCUT2D eigenvalue weighted by atomic mass is 10.0. The Morgan fingerprint density at radius 3 is 2.50 bits per heavy atom. The SMILES string of the molecule is COC1CC=C(n2nc3ccc(OCC(F)F)nc3c(-c3ccc(OC(F)F)cc3)c2=O)CC1. The van der Waals surface area contributed by atoms with Crippen molar-refractivity contribution in [3.8, 4) is 22.8 Å². The molecule has 7 nitrogen and oxygen atoms in total. The van der Waals surface area contributed by atoms with Crippen molar-refractivity contribution in [2.45, 2.75) is 38.4 Å². The molecule has 34 heavy (non-hydrogen) atoms. The number of methoxy groups -OCH3 is 1. The van der Waals surface area contributed by atoms with Crippen LogP contribution in [-0.4, -0.2) is 47.6 Å². The third kappa shape index (κ3) is 5.19. The van der Waals surface area contributed by atoms with Crippen LogP contribution in [0.25, 0.3) is 27.9 Å². The molecule has 0 aliphatic heterocycles. The molecule has 2 heterocycles. The van der Waals surface area contributed by atoms with Crippen LogP contribution in [0.3, 0.4) is 0 Å². The van der Waals surface area contributed by atoms with Crippen LogP contribution in [0, 0.1) is 0 Å². The van der Waals surface area contributed by atoms with E-state index < -0.39 is 25.2 Å². The van der Waals surface area contributed by atoms with Gasteiger partial charge in [0.05, 0.1) is 11.7 Å². The monoisotopic (exact) mass is 479 g/mol. The minimum atomic E-state index is -2.99. The Morgan fingerprint density at radius 1 is 1.12 bits per heavy atom. The molecular formula is C23H21F4N3O4. The summed E-state index contributed by atoms with van der Waals surface area (Å²) >= 11 is 0. The molecule has 0 bridgehead atoms. The molecule has 0 spiro atoms. The van der Waals surface area contributed by atoms with Crippen molar-refractivity contribution in [1.82, 2.24) is 14.8 Å². The van der Waals surface area contributed by atoms with Crippen molar-refractivity contribution in [1.29, 1.82) is 0 Å². The van der Waals surface area contributed by atoms with Gasteiger partial charge in [0.25, 0.3) is 12.0 Å². The van der Waals surface area contributed by atoms with Crippen LogP contribution in [0.4, 0.5) is 17.6 Å². The zero-order valence-electron chi connectivity index (χ0n) is 18.1. The minimum absolute atomic E-state index is 0.0537. The quantitative estimate of drug-likeness (QED) is 0.435.